The van der Waals surface area contributed by atoms with Gasteiger partial charge in [0.2, 0.25) is 0 Å². The van der Waals surface area contributed by atoms with Gasteiger partial charge in [0.15, 0.2) is 0 Å². The highest BCUT2D eigenvalue weighted by Gasteiger charge is 2.41. The molecule has 0 saturated carbocycles. The molecule has 86 valence electrons. The molecule has 2 atom stereocenters. The lowest BCUT2D eigenvalue weighted by Gasteiger charge is -2.31. The maximum absolute atomic E-state index is 11.3. The van der Waals surface area contributed by atoms with Crippen molar-refractivity contribution in [2.75, 3.05) is 27.3 Å². The molecule has 2 unspecified atom stereocenters. The van der Waals surface area contributed by atoms with Crippen LogP contribution in [0.15, 0.2) is 0 Å². The molecule has 0 aromatic carbocycles. The van der Waals surface area contributed by atoms with E-state index in [1.807, 2.05) is 0 Å². The summed E-state index contributed by atoms with van der Waals surface area (Å²) in [7, 11) is 2.49. The van der Waals surface area contributed by atoms with E-state index in [0.717, 1.165) is 0 Å². The number of ether oxygens (including phenoxy) is 2. The second-order valence-corrected chi connectivity index (χ2v) is 3.41. The van der Waals surface area contributed by atoms with E-state index in [0.29, 0.717) is 13.1 Å². The standard InChI is InChI=1S/C9H15NO5/c1-14-8(12)5-3-10-4-6(7(5)11)9(13)15-2/h5-7,10-11H,3-4H2,1-2H3. The highest BCUT2D eigenvalue weighted by molar-refractivity contribution is 5.78. The number of carbonyl (C=O) groups excluding carboxylic acids is 2. The van der Waals surface area contributed by atoms with Gasteiger partial charge < -0.3 is 19.9 Å². The van der Waals surface area contributed by atoms with Gasteiger partial charge in [-0.3, -0.25) is 9.59 Å². The van der Waals surface area contributed by atoms with Crippen molar-refractivity contribution in [1.29, 1.82) is 0 Å². The molecule has 6 heteroatoms. The molecular formula is C9H15NO5. The maximum Gasteiger partial charge on any atom is 0.312 e. The van der Waals surface area contributed by atoms with Gasteiger partial charge in [-0.2, -0.15) is 0 Å². The SMILES string of the molecule is COC(=O)C1CNCC(C(=O)OC)C1O. The van der Waals surface area contributed by atoms with E-state index in [1.165, 1.54) is 14.2 Å². The molecule has 0 amide bonds. The fourth-order valence-corrected chi connectivity index (χ4v) is 1.66. The normalized spacial score (nSPS) is 30.7. The minimum absolute atomic E-state index is 0.307. The van der Waals surface area contributed by atoms with Crippen molar-refractivity contribution >= 4 is 11.9 Å². The average Bonchev–Trinajstić information content (AvgIpc) is 2.27. The summed E-state index contributed by atoms with van der Waals surface area (Å²) in [5, 5.41) is 12.7. The molecule has 0 aromatic heterocycles. The van der Waals surface area contributed by atoms with Gasteiger partial charge in [-0.05, 0) is 0 Å². The van der Waals surface area contributed by atoms with Crippen LogP contribution in [-0.2, 0) is 19.1 Å². The number of carbonyl (C=O) groups is 2. The zero-order valence-corrected chi connectivity index (χ0v) is 8.73. The van der Waals surface area contributed by atoms with Crippen LogP contribution in [0.25, 0.3) is 0 Å². The third kappa shape index (κ3) is 2.45. The average molecular weight is 217 g/mol. The zero-order valence-electron chi connectivity index (χ0n) is 8.73. The van der Waals surface area contributed by atoms with Crippen molar-refractivity contribution in [3.8, 4) is 0 Å². The molecule has 1 aliphatic rings. The maximum atomic E-state index is 11.3. The number of nitrogens with one attached hydrogen (secondary N) is 1. The quantitative estimate of drug-likeness (QED) is 0.549. The van der Waals surface area contributed by atoms with Gasteiger partial charge in [-0.15, -0.1) is 0 Å². The summed E-state index contributed by atoms with van der Waals surface area (Å²) in [6.07, 6.45) is -1.05. The van der Waals surface area contributed by atoms with Crippen LogP contribution >= 0.6 is 0 Å². The predicted molar refractivity (Wildman–Crippen MR) is 49.9 cm³/mol. The summed E-state index contributed by atoms with van der Waals surface area (Å²) in [6.45, 7) is 0.614. The Balaban J connectivity index is 2.70. The predicted octanol–water partition coefficient (Wildman–Crippen LogP) is -1.47. The minimum atomic E-state index is -1.05. The van der Waals surface area contributed by atoms with E-state index in [-0.39, 0.29) is 0 Å². The summed E-state index contributed by atoms with van der Waals surface area (Å²) < 4.78 is 9.06. The Morgan fingerprint density at radius 3 is 1.87 bits per heavy atom. The van der Waals surface area contributed by atoms with E-state index in [1.54, 1.807) is 0 Å². The van der Waals surface area contributed by atoms with Crippen molar-refractivity contribution < 1.29 is 24.2 Å². The van der Waals surface area contributed by atoms with Crippen LogP contribution in [0.1, 0.15) is 0 Å². The van der Waals surface area contributed by atoms with Gasteiger partial charge in [-0.1, -0.05) is 0 Å². The van der Waals surface area contributed by atoms with Crippen LogP contribution in [0, 0.1) is 11.8 Å². The summed E-state index contributed by atoms with van der Waals surface area (Å²) in [6, 6.07) is 0. The van der Waals surface area contributed by atoms with Crippen LogP contribution in [0.5, 0.6) is 0 Å². The Morgan fingerprint density at radius 1 is 1.13 bits per heavy atom. The van der Waals surface area contributed by atoms with E-state index < -0.39 is 29.9 Å². The molecule has 1 fully saturated rings. The lowest BCUT2D eigenvalue weighted by Crippen LogP contribution is -2.53. The Hall–Kier alpha value is -1.14. The van der Waals surface area contributed by atoms with Crippen LogP contribution in [0.3, 0.4) is 0 Å². The summed E-state index contributed by atoms with van der Waals surface area (Å²) in [5.41, 5.74) is 0. The van der Waals surface area contributed by atoms with Crippen LogP contribution < -0.4 is 5.32 Å². The summed E-state index contributed by atoms with van der Waals surface area (Å²) in [5.74, 6) is -2.48. The number of hydrogen-bond donors (Lipinski definition) is 2. The van der Waals surface area contributed by atoms with Crippen LogP contribution in [-0.4, -0.2) is 50.5 Å². The second-order valence-electron chi connectivity index (χ2n) is 3.41. The first-order chi connectivity index (χ1) is 7.11. The molecule has 1 aliphatic heterocycles. The van der Waals surface area contributed by atoms with Gasteiger partial charge in [-0.25, -0.2) is 0 Å². The Kier molecular flexibility index (Phi) is 4.05. The zero-order chi connectivity index (χ0) is 11.4. The van der Waals surface area contributed by atoms with Crippen molar-refractivity contribution in [2.24, 2.45) is 11.8 Å². The van der Waals surface area contributed by atoms with Gasteiger partial charge in [0.1, 0.15) is 0 Å². The van der Waals surface area contributed by atoms with Crippen molar-refractivity contribution in [1.82, 2.24) is 5.32 Å². The number of aliphatic hydroxyl groups is 1. The first-order valence-electron chi connectivity index (χ1n) is 4.66. The topological polar surface area (TPSA) is 84.9 Å². The van der Waals surface area contributed by atoms with Crippen LogP contribution in [0.4, 0.5) is 0 Å². The largest absolute Gasteiger partial charge is 0.469 e. The molecule has 6 nitrogen and oxygen atoms in total. The van der Waals surface area contributed by atoms with E-state index in [4.69, 9.17) is 0 Å². The monoisotopic (exact) mass is 217 g/mol. The summed E-state index contributed by atoms with van der Waals surface area (Å²) in [4.78, 5) is 22.5. The molecule has 0 bridgehead atoms. The number of rotatable bonds is 2. The minimum Gasteiger partial charge on any atom is -0.469 e. The Morgan fingerprint density at radius 2 is 1.53 bits per heavy atom. The fourth-order valence-electron chi connectivity index (χ4n) is 1.66. The first kappa shape index (κ1) is 11.9. The van der Waals surface area contributed by atoms with E-state index in [9.17, 15) is 14.7 Å². The number of piperidine rings is 1. The van der Waals surface area contributed by atoms with Crippen LogP contribution in [0.2, 0.25) is 0 Å². The first-order valence-corrected chi connectivity index (χ1v) is 4.66. The van der Waals surface area contributed by atoms with Gasteiger partial charge >= 0.3 is 11.9 Å². The van der Waals surface area contributed by atoms with E-state index >= 15 is 0 Å². The Labute approximate surface area is 87.5 Å². The molecule has 15 heavy (non-hydrogen) atoms. The third-order valence-corrected chi connectivity index (χ3v) is 2.56. The van der Waals surface area contributed by atoms with Crippen molar-refractivity contribution in [3.05, 3.63) is 0 Å². The number of esters is 2. The molecule has 0 aliphatic carbocycles. The highest BCUT2D eigenvalue weighted by Crippen LogP contribution is 2.19. The second kappa shape index (κ2) is 5.09. The van der Waals surface area contributed by atoms with Gasteiger partial charge in [0, 0.05) is 13.1 Å². The molecule has 2 N–H and O–H groups in total. The van der Waals surface area contributed by atoms with Gasteiger partial charge in [0.25, 0.3) is 0 Å². The smallest absolute Gasteiger partial charge is 0.312 e. The number of aliphatic hydroxyl groups excluding tert-OH is 1. The highest BCUT2D eigenvalue weighted by atomic mass is 16.5. The molecule has 1 heterocycles. The molecule has 0 radical (unpaired) electrons. The van der Waals surface area contributed by atoms with Crippen molar-refractivity contribution in [2.45, 2.75) is 6.10 Å². The summed E-state index contributed by atoms with van der Waals surface area (Å²) >= 11 is 0. The van der Waals surface area contributed by atoms with Crippen molar-refractivity contribution in [3.63, 3.8) is 0 Å². The van der Waals surface area contributed by atoms with Gasteiger partial charge in [0.05, 0.1) is 32.2 Å². The molecule has 0 spiro atoms. The number of hydrogen-bond acceptors (Lipinski definition) is 6. The molecule has 0 aromatic rings. The fraction of sp³-hybridized carbons (Fsp3) is 0.778. The molecule has 1 saturated heterocycles. The lowest BCUT2D eigenvalue weighted by molar-refractivity contribution is -0.160. The Bertz CT molecular complexity index is 231. The molecule has 1 rings (SSSR count). The number of methoxy groups -OCH3 is 2. The third-order valence-electron chi connectivity index (χ3n) is 2.56. The molecular weight excluding hydrogens is 202 g/mol. The lowest BCUT2D eigenvalue weighted by atomic mass is 9.87. The van der Waals surface area contributed by atoms with E-state index in [2.05, 4.69) is 14.8 Å².